The fraction of sp³-hybridized carbons (Fsp3) is 0.857. The molecule has 0 aromatic rings. The first-order chi connectivity index (χ1) is 11.3. The molecule has 0 aromatic carbocycles. The van der Waals surface area contributed by atoms with Gasteiger partial charge < -0.3 is 10.2 Å². The van der Waals surface area contributed by atoms with Crippen LogP contribution in [0, 0.1) is 34.5 Å². The summed E-state index contributed by atoms with van der Waals surface area (Å²) in [5.41, 5.74) is -1.39. The average Bonchev–Trinajstić information content (AvgIpc) is 2.87. The van der Waals surface area contributed by atoms with Gasteiger partial charge in [-0.05, 0) is 67.6 Å². The van der Waals surface area contributed by atoms with E-state index in [9.17, 15) is 15.0 Å². The van der Waals surface area contributed by atoms with E-state index in [2.05, 4.69) is 26.5 Å². The van der Waals surface area contributed by atoms with Crippen LogP contribution in [0.5, 0.6) is 0 Å². The highest BCUT2D eigenvalue weighted by Crippen LogP contribution is 2.67. The molecule has 4 aliphatic rings. The molecular formula is C21H32O3. The van der Waals surface area contributed by atoms with E-state index >= 15 is 0 Å². The zero-order valence-electron chi connectivity index (χ0n) is 15.1. The largest absolute Gasteiger partial charge is 0.393 e. The Morgan fingerprint density at radius 3 is 2.58 bits per heavy atom. The van der Waals surface area contributed by atoms with Crippen LogP contribution >= 0.6 is 0 Å². The van der Waals surface area contributed by atoms with Crippen molar-refractivity contribution in [2.24, 2.45) is 34.5 Å². The first-order valence-electron chi connectivity index (χ1n) is 9.82. The minimum atomic E-state index is -1.31. The van der Waals surface area contributed by atoms with Gasteiger partial charge in [-0.3, -0.25) is 4.79 Å². The monoisotopic (exact) mass is 332 g/mol. The van der Waals surface area contributed by atoms with E-state index in [4.69, 9.17) is 0 Å². The first kappa shape index (κ1) is 16.8. The lowest BCUT2D eigenvalue weighted by Crippen LogP contribution is -2.67. The third-order valence-corrected chi connectivity index (χ3v) is 8.97. The molecule has 3 nitrogen and oxygen atoms in total. The molecule has 4 aliphatic carbocycles. The highest BCUT2D eigenvalue weighted by Gasteiger charge is 2.67. The molecule has 8 atom stereocenters. The Labute approximate surface area is 145 Å². The summed E-state index contributed by atoms with van der Waals surface area (Å²) in [6.07, 6.45) is 8.51. The lowest BCUT2D eigenvalue weighted by Gasteiger charge is -2.62. The van der Waals surface area contributed by atoms with Gasteiger partial charge in [0.25, 0.3) is 0 Å². The predicted molar refractivity (Wildman–Crippen MR) is 93.3 cm³/mol. The smallest absolute Gasteiger partial charge is 0.165 e. The number of aliphatic hydroxyl groups is 2. The van der Waals surface area contributed by atoms with Gasteiger partial charge in [-0.25, -0.2) is 0 Å². The van der Waals surface area contributed by atoms with Crippen LogP contribution in [-0.4, -0.2) is 27.7 Å². The first-order valence-corrected chi connectivity index (χ1v) is 9.82. The number of Topliss-reactive ketones (excluding diaryl/α,β-unsaturated/α-hetero) is 1. The minimum absolute atomic E-state index is 0.00342. The molecule has 0 radical (unpaired) electrons. The third kappa shape index (κ3) is 1.89. The van der Waals surface area contributed by atoms with Crippen LogP contribution in [0.4, 0.5) is 0 Å². The lowest BCUT2D eigenvalue weighted by molar-refractivity contribution is -0.212. The maximum atomic E-state index is 13.0. The average molecular weight is 332 g/mol. The molecule has 0 aromatic heterocycles. The maximum Gasteiger partial charge on any atom is 0.165 e. The summed E-state index contributed by atoms with van der Waals surface area (Å²) < 4.78 is 0. The molecule has 24 heavy (non-hydrogen) atoms. The molecule has 0 aliphatic heterocycles. The number of carbonyl (C=O) groups is 1. The lowest BCUT2D eigenvalue weighted by atomic mass is 9.43. The third-order valence-electron chi connectivity index (χ3n) is 8.97. The SMILES string of the molecule is C=C[C@H]1CC[C@H]2[C@@H]3CC(=O)[C@]4(O)C[C@@H](O)CC[C@]4(C)[C@H]3CC[C@]12C. The van der Waals surface area contributed by atoms with E-state index in [1.165, 1.54) is 19.3 Å². The Morgan fingerprint density at radius 1 is 1.12 bits per heavy atom. The summed E-state index contributed by atoms with van der Waals surface area (Å²) in [6.45, 7) is 8.61. The van der Waals surface area contributed by atoms with E-state index < -0.39 is 11.7 Å². The summed E-state index contributed by atoms with van der Waals surface area (Å²) in [5, 5.41) is 21.4. The van der Waals surface area contributed by atoms with Gasteiger partial charge in [0.1, 0.15) is 5.60 Å². The summed E-state index contributed by atoms with van der Waals surface area (Å²) in [6, 6.07) is 0. The van der Waals surface area contributed by atoms with E-state index in [0.717, 1.165) is 12.8 Å². The van der Waals surface area contributed by atoms with E-state index in [1.807, 2.05) is 0 Å². The van der Waals surface area contributed by atoms with Gasteiger partial charge in [-0.1, -0.05) is 19.9 Å². The van der Waals surface area contributed by atoms with Crippen LogP contribution < -0.4 is 0 Å². The van der Waals surface area contributed by atoms with Crippen molar-refractivity contribution in [3.8, 4) is 0 Å². The number of fused-ring (bicyclic) bond motifs is 5. The number of aliphatic hydroxyl groups excluding tert-OH is 1. The predicted octanol–water partition coefficient (Wildman–Crippen LogP) is 3.49. The summed E-state index contributed by atoms with van der Waals surface area (Å²) in [5.74, 6) is 1.96. The normalized spacial score (nSPS) is 57.0. The second-order valence-corrected chi connectivity index (χ2v) is 9.64. The standard InChI is InChI=1S/C21H32O3/c1-4-13-5-6-16-15-11-18(23)21(24)12-14(22)7-10-20(21,3)17(15)8-9-19(13,16)2/h4,13-17,22,24H,1,5-12H2,2-3H3/t13-,14-,15-,16-,17-,19+,20+,21+/m0/s1. The fourth-order valence-corrected chi connectivity index (χ4v) is 7.45. The molecule has 0 spiro atoms. The summed E-state index contributed by atoms with van der Waals surface area (Å²) >= 11 is 0. The topological polar surface area (TPSA) is 57.5 Å². The molecule has 4 fully saturated rings. The fourth-order valence-electron chi connectivity index (χ4n) is 7.45. The van der Waals surface area contributed by atoms with Gasteiger partial charge in [0.2, 0.25) is 0 Å². The zero-order valence-corrected chi connectivity index (χ0v) is 15.1. The molecule has 2 N–H and O–H groups in total. The molecule has 0 unspecified atom stereocenters. The van der Waals surface area contributed by atoms with Crippen molar-refractivity contribution in [2.45, 2.75) is 76.9 Å². The summed E-state index contributed by atoms with van der Waals surface area (Å²) in [4.78, 5) is 13.0. The van der Waals surface area contributed by atoms with Gasteiger partial charge in [0.05, 0.1) is 6.10 Å². The van der Waals surface area contributed by atoms with E-state index in [0.29, 0.717) is 36.5 Å². The summed E-state index contributed by atoms with van der Waals surface area (Å²) in [7, 11) is 0. The van der Waals surface area contributed by atoms with Crippen LogP contribution in [0.15, 0.2) is 12.7 Å². The second kappa shape index (κ2) is 5.17. The molecule has 134 valence electrons. The van der Waals surface area contributed by atoms with E-state index in [1.54, 1.807) is 0 Å². The zero-order chi connectivity index (χ0) is 17.3. The maximum absolute atomic E-state index is 13.0. The van der Waals surface area contributed by atoms with Crippen molar-refractivity contribution in [2.75, 3.05) is 0 Å². The van der Waals surface area contributed by atoms with Gasteiger partial charge in [0, 0.05) is 18.3 Å². The Morgan fingerprint density at radius 2 is 1.88 bits per heavy atom. The minimum Gasteiger partial charge on any atom is -0.393 e. The van der Waals surface area contributed by atoms with Crippen LogP contribution in [0.25, 0.3) is 0 Å². The van der Waals surface area contributed by atoms with Crippen LogP contribution in [0.3, 0.4) is 0 Å². The van der Waals surface area contributed by atoms with Crippen molar-refractivity contribution in [1.82, 2.24) is 0 Å². The number of carbonyl (C=O) groups excluding carboxylic acids is 1. The Hall–Kier alpha value is -0.670. The molecule has 3 heteroatoms. The van der Waals surface area contributed by atoms with Crippen molar-refractivity contribution in [3.63, 3.8) is 0 Å². The van der Waals surface area contributed by atoms with Crippen molar-refractivity contribution < 1.29 is 15.0 Å². The van der Waals surface area contributed by atoms with E-state index in [-0.39, 0.29) is 23.0 Å². The highest BCUT2D eigenvalue weighted by molar-refractivity contribution is 5.89. The molecule has 0 saturated heterocycles. The number of ketones is 1. The second-order valence-electron chi connectivity index (χ2n) is 9.64. The Bertz CT molecular complexity index is 571. The number of hydrogen-bond acceptors (Lipinski definition) is 3. The number of rotatable bonds is 1. The van der Waals surface area contributed by atoms with Crippen molar-refractivity contribution in [3.05, 3.63) is 12.7 Å². The van der Waals surface area contributed by atoms with Crippen molar-refractivity contribution in [1.29, 1.82) is 0 Å². The number of hydrogen-bond donors (Lipinski definition) is 2. The molecule has 0 bridgehead atoms. The van der Waals surface area contributed by atoms with Gasteiger partial charge >= 0.3 is 0 Å². The number of allylic oxidation sites excluding steroid dienone is 1. The van der Waals surface area contributed by atoms with Crippen LogP contribution in [0.1, 0.15) is 65.2 Å². The van der Waals surface area contributed by atoms with Gasteiger partial charge in [-0.15, -0.1) is 6.58 Å². The molecular weight excluding hydrogens is 300 g/mol. The van der Waals surface area contributed by atoms with Crippen molar-refractivity contribution >= 4 is 5.78 Å². The van der Waals surface area contributed by atoms with Gasteiger partial charge in [-0.2, -0.15) is 0 Å². The quantitative estimate of drug-likeness (QED) is 0.723. The van der Waals surface area contributed by atoms with Crippen LogP contribution in [-0.2, 0) is 4.79 Å². The van der Waals surface area contributed by atoms with Crippen LogP contribution in [0.2, 0.25) is 0 Å². The Kier molecular flexibility index (Phi) is 3.61. The molecule has 4 rings (SSSR count). The highest BCUT2D eigenvalue weighted by atomic mass is 16.3. The van der Waals surface area contributed by atoms with Gasteiger partial charge in [0.15, 0.2) is 5.78 Å². The molecule has 0 amide bonds. The Balaban J connectivity index is 1.72. The molecule has 4 saturated carbocycles. The molecule has 0 heterocycles.